The van der Waals surface area contributed by atoms with Crippen LogP contribution in [0.15, 0.2) is 36.7 Å². The minimum atomic E-state index is -4.61. The standard InChI is InChI=1S/C38H46F6N4O4S/c1-36(2)19-28-31(29(49)20-36)30(23-9-13-37(40,41)14-10-23)32(33(39)24-5-7-26(8-6-24)38(42,43)44)34(47-28)25-11-15-48(16-12-25)35-45-21-27(22-46-35)52-17-4-18-53(3,50)51/h5-8,21-23,25,29,33,49H,4,9-20H2,1-3H3. The molecule has 0 spiro atoms. The van der Waals surface area contributed by atoms with Crippen LogP contribution in [0, 0.1) is 5.41 Å². The van der Waals surface area contributed by atoms with Crippen molar-refractivity contribution in [2.75, 3.05) is 36.6 Å². The Morgan fingerprint density at radius 3 is 2.19 bits per heavy atom. The Morgan fingerprint density at radius 1 is 0.981 bits per heavy atom. The zero-order chi connectivity index (χ0) is 38.3. The lowest BCUT2D eigenvalue weighted by Gasteiger charge is -2.41. The van der Waals surface area contributed by atoms with E-state index in [0.29, 0.717) is 79.4 Å². The Labute approximate surface area is 306 Å². The summed E-state index contributed by atoms with van der Waals surface area (Å²) in [4.78, 5) is 15.9. The van der Waals surface area contributed by atoms with Crippen molar-refractivity contribution in [3.63, 3.8) is 0 Å². The van der Waals surface area contributed by atoms with Crippen LogP contribution in [0.25, 0.3) is 0 Å². The second kappa shape index (κ2) is 15.0. The molecule has 53 heavy (non-hydrogen) atoms. The lowest BCUT2D eigenvalue weighted by Crippen LogP contribution is -2.36. The van der Waals surface area contributed by atoms with Gasteiger partial charge in [-0.15, -0.1) is 0 Å². The molecular formula is C38H46F6N4O4S. The molecule has 2 aliphatic carbocycles. The van der Waals surface area contributed by atoms with E-state index < -0.39 is 45.7 Å². The summed E-state index contributed by atoms with van der Waals surface area (Å²) in [7, 11) is -3.10. The van der Waals surface area contributed by atoms with Gasteiger partial charge in [0.25, 0.3) is 0 Å². The molecule has 1 saturated heterocycles. The summed E-state index contributed by atoms with van der Waals surface area (Å²) in [6.07, 6.45) is -1.70. The fourth-order valence-electron chi connectivity index (χ4n) is 8.13. The number of ether oxygens (including phenoxy) is 1. The Kier molecular flexibility index (Phi) is 11.1. The number of aliphatic hydroxyl groups is 1. The summed E-state index contributed by atoms with van der Waals surface area (Å²) in [5, 5.41) is 11.6. The highest BCUT2D eigenvalue weighted by Crippen LogP contribution is 2.52. The summed E-state index contributed by atoms with van der Waals surface area (Å²) in [6, 6.07) is 3.92. The minimum Gasteiger partial charge on any atom is -0.490 e. The lowest BCUT2D eigenvalue weighted by molar-refractivity contribution is -0.137. The minimum absolute atomic E-state index is 0.00141. The number of rotatable bonds is 10. The number of hydrogen-bond acceptors (Lipinski definition) is 8. The Balaban J connectivity index is 1.34. The number of sulfone groups is 1. The zero-order valence-corrected chi connectivity index (χ0v) is 30.9. The number of halogens is 6. The average molecular weight is 769 g/mol. The van der Waals surface area contributed by atoms with Gasteiger partial charge in [-0.1, -0.05) is 26.0 Å². The van der Waals surface area contributed by atoms with Gasteiger partial charge in [0, 0.05) is 54.9 Å². The van der Waals surface area contributed by atoms with E-state index in [2.05, 4.69) is 9.97 Å². The molecule has 1 N–H and O–H groups in total. The normalized spacial score (nSPS) is 21.6. The van der Waals surface area contributed by atoms with Gasteiger partial charge in [0.15, 0.2) is 11.9 Å². The Hall–Kier alpha value is -3.46. The molecular weight excluding hydrogens is 722 g/mol. The summed E-state index contributed by atoms with van der Waals surface area (Å²) in [5.41, 5.74) is 1.01. The van der Waals surface area contributed by atoms with Crippen LogP contribution in [-0.2, 0) is 22.4 Å². The number of piperidine rings is 1. The van der Waals surface area contributed by atoms with Gasteiger partial charge in [0.2, 0.25) is 11.9 Å². The fraction of sp³-hybridized carbons (Fsp3) is 0.605. The van der Waals surface area contributed by atoms with Gasteiger partial charge in [0.1, 0.15) is 9.84 Å². The van der Waals surface area contributed by atoms with Crippen LogP contribution in [0.2, 0.25) is 0 Å². The van der Waals surface area contributed by atoms with Gasteiger partial charge in [0.05, 0.1) is 42.1 Å². The van der Waals surface area contributed by atoms with Crippen LogP contribution < -0.4 is 9.64 Å². The number of fused-ring (bicyclic) bond motifs is 1. The maximum Gasteiger partial charge on any atom is 0.416 e. The van der Waals surface area contributed by atoms with Crippen LogP contribution >= 0.6 is 0 Å². The molecule has 3 heterocycles. The first-order chi connectivity index (χ1) is 24.8. The number of aliphatic hydroxyl groups excluding tert-OH is 1. The van der Waals surface area contributed by atoms with Crippen LogP contribution in [-0.4, -0.2) is 66.1 Å². The molecule has 2 atom stereocenters. The lowest BCUT2D eigenvalue weighted by atomic mass is 9.68. The van der Waals surface area contributed by atoms with Crippen molar-refractivity contribution in [3.8, 4) is 5.75 Å². The molecule has 2 unspecified atom stereocenters. The SMILES string of the molecule is CC1(C)Cc2nc(C3CCN(c4ncc(OCCCS(C)(=O)=O)cn4)CC3)c(C(F)c3ccc(C(F)(F)F)cc3)c(C3CCC(F)(F)CC3)c2C(O)C1. The van der Waals surface area contributed by atoms with Crippen molar-refractivity contribution in [1.82, 2.24) is 15.0 Å². The van der Waals surface area contributed by atoms with Crippen molar-refractivity contribution < 1.29 is 44.6 Å². The maximum absolute atomic E-state index is 17.3. The maximum atomic E-state index is 17.3. The van der Waals surface area contributed by atoms with E-state index in [1.165, 1.54) is 12.4 Å². The van der Waals surface area contributed by atoms with Gasteiger partial charge < -0.3 is 14.7 Å². The van der Waals surface area contributed by atoms with E-state index in [1.807, 2.05) is 18.7 Å². The highest BCUT2D eigenvalue weighted by Gasteiger charge is 2.44. The van der Waals surface area contributed by atoms with Crippen molar-refractivity contribution in [1.29, 1.82) is 0 Å². The third-order valence-electron chi connectivity index (χ3n) is 10.8. The van der Waals surface area contributed by atoms with Gasteiger partial charge >= 0.3 is 6.18 Å². The van der Waals surface area contributed by atoms with Crippen LogP contribution in [0.1, 0.15) is 129 Å². The van der Waals surface area contributed by atoms with E-state index in [4.69, 9.17) is 9.72 Å². The molecule has 3 aliphatic rings. The highest BCUT2D eigenvalue weighted by atomic mass is 32.2. The molecule has 1 aliphatic heterocycles. The van der Waals surface area contributed by atoms with Crippen LogP contribution in [0.3, 0.4) is 0 Å². The molecule has 6 rings (SSSR count). The third-order valence-corrected chi connectivity index (χ3v) is 11.8. The Morgan fingerprint density at radius 2 is 1.60 bits per heavy atom. The van der Waals surface area contributed by atoms with E-state index in [-0.39, 0.29) is 60.5 Å². The van der Waals surface area contributed by atoms with Crippen molar-refractivity contribution >= 4 is 15.8 Å². The number of hydrogen-bond donors (Lipinski definition) is 1. The zero-order valence-electron chi connectivity index (χ0n) is 30.1. The molecule has 0 amide bonds. The number of benzene rings is 1. The highest BCUT2D eigenvalue weighted by molar-refractivity contribution is 7.90. The second-order valence-corrected chi connectivity index (χ2v) is 17.9. The van der Waals surface area contributed by atoms with E-state index in [1.54, 1.807) is 0 Å². The molecule has 3 aromatic rings. The smallest absolute Gasteiger partial charge is 0.416 e. The van der Waals surface area contributed by atoms with Gasteiger partial charge in [-0.3, -0.25) is 4.98 Å². The summed E-state index contributed by atoms with van der Waals surface area (Å²) < 4.78 is 115. The predicted molar refractivity (Wildman–Crippen MR) is 188 cm³/mol. The van der Waals surface area contributed by atoms with Gasteiger partial charge in [-0.05, 0) is 79.5 Å². The number of nitrogens with zero attached hydrogens (tertiary/aromatic N) is 4. The number of aromatic nitrogens is 3. The molecule has 0 bridgehead atoms. The molecule has 1 saturated carbocycles. The van der Waals surface area contributed by atoms with E-state index in [0.717, 1.165) is 30.5 Å². The Bertz CT molecular complexity index is 1860. The third kappa shape index (κ3) is 9.26. The molecule has 0 radical (unpaired) electrons. The average Bonchev–Trinajstić information content (AvgIpc) is 3.08. The topological polar surface area (TPSA) is 106 Å². The summed E-state index contributed by atoms with van der Waals surface area (Å²) in [5.74, 6) is -2.76. The molecule has 2 fully saturated rings. The van der Waals surface area contributed by atoms with Gasteiger partial charge in [-0.25, -0.2) is 31.6 Å². The van der Waals surface area contributed by atoms with Crippen LogP contribution in [0.4, 0.5) is 32.3 Å². The first-order valence-electron chi connectivity index (χ1n) is 18.1. The first kappa shape index (κ1) is 39.2. The van der Waals surface area contributed by atoms with Gasteiger partial charge in [-0.2, -0.15) is 13.2 Å². The molecule has 8 nitrogen and oxygen atoms in total. The molecule has 1 aromatic carbocycles. The molecule has 290 valence electrons. The largest absolute Gasteiger partial charge is 0.490 e. The van der Waals surface area contributed by atoms with E-state index in [9.17, 15) is 35.5 Å². The number of pyridine rings is 1. The molecule has 2 aromatic heterocycles. The quantitative estimate of drug-likeness (QED) is 0.162. The first-order valence-corrected chi connectivity index (χ1v) is 20.2. The predicted octanol–water partition coefficient (Wildman–Crippen LogP) is 8.45. The number of anilines is 1. The van der Waals surface area contributed by atoms with Crippen LogP contribution in [0.5, 0.6) is 5.75 Å². The van der Waals surface area contributed by atoms with Crippen molar-refractivity contribution in [2.24, 2.45) is 5.41 Å². The van der Waals surface area contributed by atoms with Crippen molar-refractivity contribution in [3.05, 3.63) is 75.9 Å². The number of alkyl halides is 6. The second-order valence-electron chi connectivity index (χ2n) is 15.7. The summed E-state index contributed by atoms with van der Waals surface area (Å²) in [6.45, 7) is 5.18. The van der Waals surface area contributed by atoms with E-state index >= 15 is 4.39 Å². The van der Waals surface area contributed by atoms with Crippen molar-refractivity contribution in [2.45, 2.75) is 108 Å². The molecule has 15 heteroatoms. The fourth-order valence-corrected chi connectivity index (χ4v) is 8.77. The monoisotopic (exact) mass is 768 g/mol. The summed E-state index contributed by atoms with van der Waals surface area (Å²) >= 11 is 0.